The highest BCUT2D eigenvalue weighted by atomic mass is 32.1. The minimum Gasteiger partial charge on any atom is -0.369 e. The molecule has 0 bridgehead atoms. The maximum atomic E-state index is 5.99. The van der Waals surface area contributed by atoms with Gasteiger partial charge in [0.25, 0.3) is 0 Å². The molecule has 0 N–H and O–H groups in total. The average Bonchev–Trinajstić information content (AvgIpc) is 3.31. The molecule has 3 aromatic rings. The van der Waals surface area contributed by atoms with E-state index in [9.17, 15) is 0 Å². The van der Waals surface area contributed by atoms with Gasteiger partial charge in [-0.15, -0.1) is 22.7 Å². The fourth-order valence-electron chi connectivity index (χ4n) is 3.64. The quantitative estimate of drug-likeness (QED) is 0.709. The number of rotatable bonds is 2. The van der Waals surface area contributed by atoms with E-state index in [1.165, 1.54) is 40.0 Å². The summed E-state index contributed by atoms with van der Waals surface area (Å²) >= 11 is 3.63. The number of hydrogen-bond donors (Lipinski definition) is 0. The monoisotopic (exact) mass is 343 g/mol. The van der Waals surface area contributed by atoms with Gasteiger partial charge in [-0.1, -0.05) is 6.07 Å². The molecule has 6 heteroatoms. The van der Waals surface area contributed by atoms with Gasteiger partial charge in [0, 0.05) is 16.3 Å². The maximum Gasteiger partial charge on any atom is 0.141 e. The second-order valence-corrected chi connectivity index (χ2v) is 8.12. The highest BCUT2D eigenvalue weighted by Crippen LogP contribution is 2.41. The van der Waals surface area contributed by atoms with Crippen molar-refractivity contribution in [1.29, 1.82) is 0 Å². The molecule has 1 atom stereocenters. The molecule has 0 saturated carbocycles. The highest BCUT2D eigenvalue weighted by Gasteiger charge is 2.28. The lowest BCUT2D eigenvalue weighted by Gasteiger charge is -2.33. The molecule has 0 spiro atoms. The van der Waals surface area contributed by atoms with Crippen LogP contribution in [0.1, 0.15) is 27.8 Å². The normalized spacial score (nSPS) is 21.0. The third-order valence-electron chi connectivity index (χ3n) is 4.71. The Hall–Kier alpha value is -1.50. The summed E-state index contributed by atoms with van der Waals surface area (Å²) in [7, 11) is 0. The van der Waals surface area contributed by atoms with Gasteiger partial charge in [-0.2, -0.15) is 0 Å². The number of morpholine rings is 1. The van der Waals surface area contributed by atoms with Crippen LogP contribution < -0.4 is 4.90 Å². The van der Waals surface area contributed by atoms with E-state index in [0.29, 0.717) is 0 Å². The number of aromatic nitrogens is 2. The molecule has 1 saturated heterocycles. The number of hydrogen-bond acceptors (Lipinski definition) is 6. The van der Waals surface area contributed by atoms with Crippen molar-refractivity contribution in [3.63, 3.8) is 0 Å². The van der Waals surface area contributed by atoms with E-state index in [2.05, 4.69) is 32.4 Å². The second-order valence-electron chi connectivity index (χ2n) is 6.06. The van der Waals surface area contributed by atoms with Gasteiger partial charge >= 0.3 is 0 Å². The molecule has 1 fully saturated rings. The largest absolute Gasteiger partial charge is 0.369 e. The summed E-state index contributed by atoms with van der Waals surface area (Å²) in [5, 5.41) is 3.42. The summed E-state index contributed by atoms with van der Waals surface area (Å²) in [6, 6.07) is 4.26. The Bertz CT molecular complexity index is 843. The lowest BCUT2D eigenvalue weighted by atomic mass is 10.1. The van der Waals surface area contributed by atoms with Crippen molar-refractivity contribution >= 4 is 38.7 Å². The van der Waals surface area contributed by atoms with E-state index < -0.39 is 0 Å². The van der Waals surface area contributed by atoms with Crippen LogP contribution in [0, 0.1) is 0 Å². The van der Waals surface area contributed by atoms with Crippen molar-refractivity contribution < 1.29 is 4.74 Å². The summed E-state index contributed by atoms with van der Waals surface area (Å²) in [5.74, 6) is 1.11. The minimum absolute atomic E-state index is 0.153. The zero-order chi connectivity index (χ0) is 15.2. The van der Waals surface area contributed by atoms with Gasteiger partial charge in [-0.3, -0.25) is 0 Å². The standard InChI is InChI=1S/C17H17N3OS2/c1-3-11-13(4-1)23-17-15(11)16(18-10-19-17)20-6-7-21-12(9-20)14-5-2-8-22-14/h2,5,8,10,12H,1,3-4,6-7,9H2. The van der Waals surface area contributed by atoms with Crippen molar-refractivity contribution in [2.24, 2.45) is 0 Å². The van der Waals surface area contributed by atoms with Crippen LogP contribution in [-0.2, 0) is 17.6 Å². The van der Waals surface area contributed by atoms with Crippen LogP contribution in [-0.4, -0.2) is 29.7 Å². The van der Waals surface area contributed by atoms with Crippen LogP contribution in [0.15, 0.2) is 23.8 Å². The molecule has 118 valence electrons. The number of ether oxygens (including phenoxy) is 1. The third kappa shape index (κ3) is 2.28. The summed E-state index contributed by atoms with van der Waals surface area (Å²) in [6.45, 7) is 2.52. The van der Waals surface area contributed by atoms with E-state index in [4.69, 9.17) is 4.74 Å². The molecule has 0 radical (unpaired) electrons. The molecule has 4 heterocycles. The van der Waals surface area contributed by atoms with E-state index in [1.807, 2.05) is 11.3 Å². The molecular formula is C17H17N3OS2. The fourth-order valence-corrected chi connectivity index (χ4v) is 5.63. The predicted octanol–water partition coefficient (Wildman–Crippen LogP) is 3.82. The first kappa shape index (κ1) is 13.9. The molecule has 1 aliphatic carbocycles. The molecule has 4 nitrogen and oxygen atoms in total. The van der Waals surface area contributed by atoms with Crippen molar-refractivity contribution in [3.8, 4) is 0 Å². The van der Waals surface area contributed by atoms with E-state index in [1.54, 1.807) is 17.7 Å². The van der Waals surface area contributed by atoms with E-state index >= 15 is 0 Å². The molecule has 1 unspecified atom stereocenters. The maximum absolute atomic E-state index is 5.99. The molecular weight excluding hydrogens is 326 g/mol. The Balaban J connectivity index is 1.55. The lowest BCUT2D eigenvalue weighted by molar-refractivity contribution is 0.0419. The topological polar surface area (TPSA) is 38.2 Å². The predicted molar refractivity (Wildman–Crippen MR) is 94.7 cm³/mol. The smallest absolute Gasteiger partial charge is 0.141 e. The van der Waals surface area contributed by atoms with Gasteiger partial charge in [0.05, 0.1) is 18.5 Å². The molecule has 2 aliphatic rings. The third-order valence-corrected chi connectivity index (χ3v) is 6.87. The van der Waals surface area contributed by atoms with Crippen molar-refractivity contribution in [3.05, 3.63) is 39.2 Å². The zero-order valence-electron chi connectivity index (χ0n) is 12.7. The SMILES string of the molecule is c1csc(C2CN(c3ncnc4sc5c(c34)CCC5)CCO2)c1. The Morgan fingerprint density at radius 1 is 1.26 bits per heavy atom. The first-order valence-electron chi connectivity index (χ1n) is 8.05. The van der Waals surface area contributed by atoms with Crippen LogP contribution >= 0.6 is 22.7 Å². The van der Waals surface area contributed by atoms with Gasteiger partial charge < -0.3 is 9.64 Å². The molecule has 0 amide bonds. The first-order chi connectivity index (χ1) is 11.4. The van der Waals surface area contributed by atoms with Crippen molar-refractivity contribution in [2.75, 3.05) is 24.6 Å². The van der Waals surface area contributed by atoms with Gasteiger partial charge in [-0.25, -0.2) is 9.97 Å². The van der Waals surface area contributed by atoms with Gasteiger partial charge in [0.2, 0.25) is 0 Å². The molecule has 1 aliphatic heterocycles. The number of aryl methyl sites for hydroxylation is 2. The number of nitrogens with zero attached hydrogens (tertiary/aromatic N) is 3. The summed E-state index contributed by atoms with van der Waals surface area (Å²) < 4.78 is 5.99. The van der Waals surface area contributed by atoms with E-state index in [0.717, 1.165) is 30.3 Å². The molecule has 5 rings (SSSR count). The Labute approximate surface area is 142 Å². The lowest BCUT2D eigenvalue weighted by Crippen LogP contribution is -2.38. The number of fused-ring (bicyclic) bond motifs is 3. The summed E-state index contributed by atoms with van der Waals surface area (Å²) in [5.41, 5.74) is 1.50. The highest BCUT2D eigenvalue weighted by molar-refractivity contribution is 7.19. The van der Waals surface area contributed by atoms with Crippen LogP contribution in [0.3, 0.4) is 0 Å². The molecule has 23 heavy (non-hydrogen) atoms. The van der Waals surface area contributed by atoms with Crippen LogP contribution in [0.25, 0.3) is 10.2 Å². The zero-order valence-corrected chi connectivity index (χ0v) is 14.3. The number of thiophene rings is 2. The number of anilines is 1. The Morgan fingerprint density at radius 2 is 2.26 bits per heavy atom. The van der Waals surface area contributed by atoms with Crippen molar-refractivity contribution in [1.82, 2.24) is 9.97 Å². The van der Waals surface area contributed by atoms with Crippen LogP contribution in [0.4, 0.5) is 5.82 Å². The minimum atomic E-state index is 0.153. The van der Waals surface area contributed by atoms with Crippen LogP contribution in [0.5, 0.6) is 0 Å². The van der Waals surface area contributed by atoms with Gasteiger partial charge in [-0.05, 0) is 36.3 Å². The van der Waals surface area contributed by atoms with Crippen LogP contribution in [0.2, 0.25) is 0 Å². The average molecular weight is 343 g/mol. The van der Waals surface area contributed by atoms with Gasteiger partial charge in [0.15, 0.2) is 0 Å². The second kappa shape index (κ2) is 5.54. The molecule has 0 aromatic carbocycles. The van der Waals surface area contributed by atoms with Crippen molar-refractivity contribution in [2.45, 2.75) is 25.4 Å². The van der Waals surface area contributed by atoms with Gasteiger partial charge in [0.1, 0.15) is 23.1 Å². The summed E-state index contributed by atoms with van der Waals surface area (Å²) in [6.07, 6.45) is 5.52. The summed E-state index contributed by atoms with van der Waals surface area (Å²) in [4.78, 5) is 15.5. The Morgan fingerprint density at radius 3 is 3.17 bits per heavy atom. The molecule has 3 aromatic heterocycles. The Kier molecular flexibility index (Phi) is 3.35. The van der Waals surface area contributed by atoms with E-state index in [-0.39, 0.29) is 6.10 Å². The fraction of sp³-hybridized carbons (Fsp3) is 0.412. The first-order valence-corrected chi connectivity index (χ1v) is 9.75.